The summed E-state index contributed by atoms with van der Waals surface area (Å²) in [6.45, 7) is 5.44. The van der Waals surface area contributed by atoms with Crippen LogP contribution >= 0.6 is 0 Å². The maximum absolute atomic E-state index is 11.7. The maximum Gasteiger partial charge on any atom is 0.157 e. The Hall–Kier alpha value is -1.01. The average molecular weight is 283 g/mol. The molecule has 1 aliphatic rings. The van der Waals surface area contributed by atoms with Gasteiger partial charge in [-0.05, 0) is 13.3 Å². The van der Waals surface area contributed by atoms with Crippen molar-refractivity contribution in [3.05, 3.63) is 22.8 Å². The van der Waals surface area contributed by atoms with Gasteiger partial charge >= 0.3 is 0 Å². The fourth-order valence-corrected chi connectivity index (χ4v) is 2.74. The summed E-state index contributed by atoms with van der Waals surface area (Å²) < 4.78 is 23.4. The molecule has 2 rings (SSSR count). The molecule has 6 heteroatoms. The lowest BCUT2D eigenvalue weighted by molar-refractivity contribution is 0.582. The standard InChI is InChI=1S/C13H21N3O2S/c1-4-5-11-10-8-14-7-6-12(10)16-13(15-11)9(2)19(3,17)18/h9,14H,4-8H2,1-3H3. The van der Waals surface area contributed by atoms with Crippen LogP contribution in [-0.4, -0.2) is 31.2 Å². The Balaban J connectivity index is 2.49. The van der Waals surface area contributed by atoms with Crippen LogP contribution in [0.5, 0.6) is 0 Å². The SMILES string of the molecule is CCCc1nc(C(C)S(C)(=O)=O)nc2c1CNCC2. The molecule has 0 saturated carbocycles. The highest BCUT2D eigenvalue weighted by atomic mass is 32.2. The van der Waals surface area contributed by atoms with E-state index in [-0.39, 0.29) is 0 Å². The van der Waals surface area contributed by atoms with Crippen LogP contribution in [-0.2, 0) is 29.2 Å². The Morgan fingerprint density at radius 2 is 2.11 bits per heavy atom. The molecule has 0 bridgehead atoms. The predicted octanol–water partition coefficient (Wildman–Crippen LogP) is 1.18. The molecule has 19 heavy (non-hydrogen) atoms. The molecule has 0 aliphatic carbocycles. The highest BCUT2D eigenvalue weighted by molar-refractivity contribution is 7.90. The van der Waals surface area contributed by atoms with Crippen LogP contribution in [0.4, 0.5) is 0 Å². The normalized spacial score (nSPS) is 17.0. The summed E-state index contributed by atoms with van der Waals surface area (Å²) in [6, 6.07) is 0. The molecule has 1 aliphatic heterocycles. The molecule has 1 atom stereocenters. The first-order valence-electron chi connectivity index (χ1n) is 6.71. The lowest BCUT2D eigenvalue weighted by Gasteiger charge is -2.21. The van der Waals surface area contributed by atoms with Gasteiger partial charge in [0, 0.05) is 37.0 Å². The summed E-state index contributed by atoms with van der Waals surface area (Å²) in [6.07, 6.45) is 3.95. The van der Waals surface area contributed by atoms with Crippen LogP contribution in [0.15, 0.2) is 0 Å². The molecule has 1 aromatic rings. The van der Waals surface area contributed by atoms with Crippen LogP contribution in [0, 0.1) is 0 Å². The molecule has 1 unspecified atom stereocenters. The van der Waals surface area contributed by atoms with E-state index in [9.17, 15) is 8.42 Å². The summed E-state index contributed by atoms with van der Waals surface area (Å²) in [5, 5.41) is 2.68. The van der Waals surface area contributed by atoms with E-state index < -0.39 is 15.1 Å². The van der Waals surface area contributed by atoms with E-state index in [0.717, 1.165) is 49.3 Å². The zero-order chi connectivity index (χ0) is 14.0. The lowest BCUT2D eigenvalue weighted by atomic mass is 10.0. The number of nitrogens with zero attached hydrogens (tertiary/aromatic N) is 2. The van der Waals surface area contributed by atoms with Crippen molar-refractivity contribution in [2.75, 3.05) is 12.8 Å². The molecule has 2 heterocycles. The molecule has 0 aromatic carbocycles. The number of nitrogens with one attached hydrogen (secondary N) is 1. The van der Waals surface area contributed by atoms with Crippen molar-refractivity contribution in [3.63, 3.8) is 0 Å². The van der Waals surface area contributed by atoms with Crippen molar-refractivity contribution < 1.29 is 8.42 Å². The average Bonchev–Trinajstić information content (AvgIpc) is 2.37. The molecule has 1 N–H and O–H groups in total. The molecular formula is C13H21N3O2S. The highest BCUT2D eigenvalue weighted by Gasteiger charge is 2.24. The van der Waals surface area contributed by atoms with Crippen molar-refractivity contribution in [1.82, 2.24) is 15.3 Å². The minimum absolute atomic E-state index is 0.451. The van der Waals surface area contributed by atoms with Gasteiger partial charge in [0.1, 0.15) is 11.1 Å². The molecule has 0 spiro atoms. The Bertz CT molecular complexity index is 569. The van der Waals surface area contributed by atoms with E-state index in [4.69, 9.17) is 0 Å². The minimum Gasteiger partial charge on any atom is -0.312 e. The van der Waals surface area contributed by atoms with Crippen molar-refractivity contribution in [2.45, 2.75) is 44.9 Å². The van der Waals surface area contributed by atoms with Crippen LogP contribution in [0.2, 0.25) is 0 Å². The zero-order valence-electron chi connectivity index (χ0n) is 11.7. The largest absolute Gasteiger partial charge is 0.312 e. The second-order valence-corrected chi connectivity index (χ2v) is 7.47. The van der Waals surface area contributed by atoms with Crippen LogP contribution in [0.25, 0.3) is 0 Å². The highest BCUT2D eigenvalue weighted by Crippen LogP contribution is 2.23. The molecule has 106 valence electrons. The van der Waals surface area contributed by atoms with E-state index in [0.29, 0.717) is 5.82 Å². The third kappa shape index (κ3) is 3.12. The quantitative estimate of drug-likeness (QED) is 0.898. The van der Waals surface area contributed by atoms with Crippen LogP contribution in [0.3, 0.4) is 0 Å². The van der Waals surface area contributed by atoms with E-state index in [1.807, 2.05) is 0 Å². The van der Waals surface area contributed by atoms with Gasteiger partial charge in [-0.1, -0.05) is 13.3 Å². The number of hydrogen-bond acceptors (Lipinski definition) is 5. The zero-order valence-corrected chi connectivity index (χ0v) is 12.5. The summed E-state index contributed by atoms with van der Waals surface area (Å²) >= 11 is 0. The number of aromatic nitrogens is 2. The van der Waals surface area contributed by atoms with Crippen molar-refractivity contribution in [3.8, 4) is 0 Å². The van der Waals surface area contributed by atoms with E-state index in [1.54, 1.807) is 6.92 Å². The Kier molecular flexibility index (Phi) is 4.20. The van der Waals surface area contributed by atoms with E-state index in [2.05, 4.69) is 22.2 Å². The van der Waals surface area contributed by atoms with Gasteiger partial charge < -0.3 is 5.32 Å². The van der Waals surface area contributed by atoms with E-state index >= 15 is 0 Å². The monoisotopic (exact) mass is 283 g/mol. The van der Waals surface area contributed by atoms with Gasteiger partial charge in [-0.15, -0.1) is 0 Å². The fraction of sp³-hybridized carbons (Fsp3) is 0.692. The van der Waals surface area contributed by atoms with Gasteiger partial charge in [0.25, 0.3) is 0 Å². The first kappa shape index (κ1) is 14.4. The summed E-state index contributed by atoms with van der Waals surface area (Å²) in [5.41, 5.74) is 3.19. The lowest BCUT2D eigenvalue weighted by Crippen LogP contribution is -2.28. The molecule has 0 amide bonds. The third-order valence-corrected chi connectivity index (χ3v) is 5.02. The molecule has 1 aromatic heterocycles. The smallest absolute Gasteiger partial charge is 0.157 e. The Morgan fingerprint density at radius 1 is 1.37 bits per heavy atom. The second kappa shape index (κ2) is 5.54. The topological polar surface area (TPSA) is 72.0 Å². The molecular weight excluding hydrogens is 262 g/mol. The van der Waals surface area contributed by atoms with Crippen molar-refractivity contribution in [1.29, 1.82) is 0 Å². The van der Waals surface area contributed by atoms with Gasteiger partial charge in [-0.25, -0.2) is 18.4 Å². The number of fused-ring (bicyclic) bond motifs is 1. The third-order valence-electron chi connectivity index (χ3n) is 3.53. The van der Waals surface area contributed by atoms with Crippen molar-refractivity contribution in [2.24, 2.45) is 0 Å². The van der Waals surface area contributed by atoms with Gasteiger partial charge in [0.2, 0.25) is 0 Å². The van der Waals surface area contributed by atoms with Gasteiger partial charge in [-0.2, -0.15) is 0 Å². The summed E-state index contributed by atoms with van der Waals surface area (Å²) in [7, 11) is -3.15. The van der Waals surface area contributed by atoms with Crippen LogP contribution < -0.4 is 5.32 Å². The molecule has 0 fully saturated rings. The predicted molar refractivity (Wildman–Crippen MR) is 74.7 cm³/mol. The summed E-state index contributed by atoms with van der Waals surface area (Å²) in [4.78, 5) is 9.00. The first-order valence-corrected chi connectivity index (χ1v) is 8.67. The van der Waals surface area contributed by atoms with Crippen molar-refractivity contribution >= 4 is 9.84 Å². The number of aryl methyl sites for hydroxylation is 1. The first-order chi connectivity index (χ1) is 8.93. The summed E-state index contributed by atoms with van der Waals surface area (Å²) in [5.74, 6) is 0.451. The molecule has 5 nitrogen and oxygen atoms in total. The Labute approximate surface area is 114 Å². The number of hydrogen-bond donors (Lipinski definition) is 1. The molecule has 0 saturated heterocycles. The van der Waals surface area contributed by atoms with Gasteiger partial charge in [0.05, 0.1) is 5.69 Å². The second-order valence-electron chi connectivity index (χ2n) is 5.10. The van der Waals surface area contributed by atoms with Crippen LogP contribution in [0.1, 0.15) is 48.3 Å². The number of rotatable bonds is 4. The minimum atomic E-state index is -3.15. The fourth-order valence-electron chi connectivity index (χ4n) is 2.25. The van der Waals surface area contributed by atoms with E-state index in [1.165, 1.54) is 6.26 Å². The van der Waals surface area contributed by atoms with Gasteiger partial charge in [0.15, 0.2) is 9.84 Å². The number of sulfone groups is 1. The maximum atomic E-state index is 11.7. The molecule has 0 radical (unpaired) electrons. The Morgan fingerprint density at radius 3 is 2.74 bits per heavy atom. The van der Waals surface area contributed by atoms with Gasteiger partial charge in [-0.3, -0.25) is 0 Å².